The number of esters is 1. The molecule has 1 aliphatic heterocycles. The van der Waals surface area contributed by atoms with Gasteiger partial charge in [-0.15, -0.1) is 0 Å². The van der Waals surface area contributed by atoms with E-state index in [1.54, 1.807) is 74.5 Å². The standard InChI is InChI=1S/C37H35Cl2N3O9S/c1-22(2)34(42-52(48,49)31-17-8-13-24-12-6-7-14-25(24)31)29-20-37(51-41-29,19-23-10-4-3-5-11-23)36(47)40-28(18-32(44)45)30(43)21-50-35(46)33-26(38)15-9-16-27(33)39/h3-17,22,28,34,42H,18-21H2,1-2H3,(H,40,47)(H,44,45)/t28-,34-,37?/m0/s1. The lowest BCUT2D eigenvalue weighted by atomic mass is 9.85. The molecule has 3 N–H and O–H groups in total. The minimum absolute atomic E-state index is 0.0171. The van der Waals surface area contributed by atoms with Crippen LogP contribution in [0.15, 0.2) is 101 Å². The van der Waals surface area contributed by atoms with E-state index in [1.807, 2.05) is 6.07 Å². The predicted molar refractivity (Wildman–Crippen MR) is 195 cm³/mol. The topological polar surface area (TPSA) is 178 Å². The van der Waals surface area contributed by atoms with E-state index in [0.29, 0.717) is 10.9 Å². The second-order valence-corrected chi connectivity index (χ2v) is 15.1. The first kappa shape index (κ1) is 38.4. The molecule has 1 aliphatic rings. The molecule has 0 bridgehead atoms. The van der Waals surface area contributed by atoms with E-state index in [0.717, 1.165) is 5.39 Å². The lowest BCUT2D eigenvalue weighted by Crippen LogP contribution is -2.55. The Bertz CT molecular complexity index is 2120. The van der Waals surface area contributed by atoms with E-state index in [1.165, 1.54) is 24.3 Å². The van der Waals surface area contributed by atoms with Gasteiger partial charge in [0.15, 0.2) is 12.4 Å². The van der Waals surface area contributed by atoms with Crippen molar-refractivity contribution in [1.29, 1.82) is 0 Å². The van der Waals surface area contributed by atoms with E-state index in [9.17, 15) is 32.7 Å². The molecule has 0 saturated carbocycles. The zero-order chi connectivity index (χ0) is 37.6. The lowest BCUT2D eigenvalue weighted by Gasteiger charge is -2.29. The molecule has 4 aromatic rings. The number of halogens is 2. The Balaban J connectivity index is 1.39. The molecule has 1 unspecified atom stereocenters. The Labute approximate surface area is 310 Å². The summed E-state index contributed by atoms with van der Waals surface area (Å²) in [4.78, 5) is 57.9. The summed E-state index contributed by atoms with van der Waals surface area (Å²) in [6.45, 7) is 2.67. The summed E-state index contributed by atoms with van der Waals surface area (Å²) >= 11 is 12.1. The Morgan fingerprint density at radius 1 is 0.923 bits per heavy atom. The number of hydrogen-bond donors (Lipinski definition) is 3. The minimum atomic E-state index is -4.12. The van der Waals surface area contributed by atoms with Gasteiger partial charge in [0.1, 0.15) is 6.04 Å². The Morgan fingerprint density at radius 2 is 1.56 bits per heavy atom. The Kier molecular flexibility index (Phi) is 12.0. The Hall–Kier alpha value is -4.82. The highest BCUT2D eigenvalue weighted by Gasteiger charge is 2.50. The van der Waals surface area contributed by atoms with Crippen molar-refractivity contribution in [3.8, 4) is 0 Å². The maximum absolute atomic E-state index is 14.2. The number of sulfonamides is 1. The van der Waals surface area contributed by atoms with Crippen LogP contribution in [0.1, 0.15) is 42.6 Å². The number of carboxylic acids is 1. The molecule has 5 rings (SSSR count). The van der Waals surface area contributed by atoms with Crippen molar-refractivity contribution >= 4 is 73.3 Å². The SMILES string of the molecule is CC(C)[C@H](NS(=O)(=O)c1cccc2ccccc12)C1=NOC(Cc2ccccc2)(C(=O)N[C@@H](CC(=O)O)C(=O)COC(=O)c2c(Cl)cccc2Cl)C1. The molecule has 0 saturated heterocycles. The van der Waals surface area contributed by atoms with Crippen molar-refractivity contribution in [1.82, 2.24) is 10.0 Å². The quantitative estimate of drug-likeness (QED) is 0.130. The van der Waals surface area contributed by atoms with E-state index in [2.05, 4.69) is 15.2 Å². The molecule has 1 amide bonds. The molecule has 0 spiro atoms. The highest BCUT2D eigenvalue weighted by Crippen LogP contribution is 2.33. The van der Waals surface area contributed by atoms with E-state index in [-0.39, 0.29) is 45.0 Å². The van der Waals surface area contributed by atoms with Gasteiger partial charge in [0.05, 0.1) is 38.7 Å². The number of carbonyl (C=O) groups is 4. The fraction of sp³-hybridized carbons (Fsp3) is 0.270. The highest BCUT2D eigenvalue weighted by atomic mass is 35.5. The van der Waals surface area contributed by atoms with E-state index < -0.39 is 64.4 Å². The minimum Gasteiger partial charge on any atom is -0.481 e. The first-order valence-electron chi connectivity index (χ1n) is 16.2. The number of ether oxygens (including phenoxy) is 1. The average molecular weight is 769 g/mol. The number of oxime groups is 1. The van der Waals surface area contributed by atoms with E-state index >= 15 is 0 Å². The van der Waals surface area contributed by atoms with Crippen LogP contribution in [0.2, 0.25) is 10.0 Å². The van der Waals surface area contributed by atoms with Gasteiger partial charge in [-0.25, -0.2) is 17.9 Å². The molecule has 52 heavy (non-hydrogen) atoms. The van der Waals surface area contributed by atoms with Crippen LogP contribution >= 0.6 is 23.2 Å². The Morgan fingerprint density at radius 3 is 2.23 bits per heavy atom. The number of carboxylic acid groups (broad SMARTS) is 1. The number of amides is 1. The lowest BCUT2D eigenvalue weighted by molar-refractivity contribution is -0.148. The number of carbonyl (C=O) groups excluding carboxylic acids is 3. The molecule has 0 fully saturated rings. The van der Waals surface area contributed by atoms with Gasteiger partial charge in [-0.2, -0.15) is 0 Å². The second kappa shape index (κ2) is 16.2. The number of Topliss-reactive ketones (excluding diaryl/α,β-unsaturated/α-hetero) is 1. The van der Waals surface area contributed by atoms with Crippen molar-refractivity contribution in [2.45, 2.75) is 55.7 Å². The maximum atomic E-state index is 14.2. The zero-order valence-corrected chi connectivity index (χ0v) is 30.4. The van der Waals surface area contributed by atoms with Crippen molar-refractivity contribution < 1.29 is 42.3 Å². The maximum Gasteiger partial charge on any atom is 0.341 e. The molecular formula is C37H35Cl2N3O9S. The third-order valence-electron chi connectivity index (χ3n) is 8.48. The van der Waals surface area contributed by atoms with Crippen LogP contribution in [0.25, 0.3) is 10.8 Å². The van der Waals surface area contributed by atoms with Crippen LogP contribution in [0.4, 0.5) is 0 Å². The molecule has 12 nitrogen and oxygen atoms in total. The fourth-order valence-electron chi connectivity index (χ4n) is 5.85. The third kappa shape index (κ3) is 8.79. The van der Waals surface area contributed by atoms with Crippen molar-refractivity contribution in [2.75, 3.05) is 6.61 Å². The molecule has 0 aliphatic carbocycles. The van der Waals surface area contributed by atoms with Gasteiger partial charge >= 0.3 is 11.9 Å². The normalized spacial score (nSPS) is 16.8. The average Bonchev–Trinajstić information content (AvgIpc) is 3.53. The first-order valence-corrected chi connectivity index (χ1v) is 18.4. The number of hydrogen-bond acceptors (Lipinski definition) is 9. The van der Waals surface area contributed by atoms with E-state index in [4.69, 9.17) is 32.8 Å². The first-order chi connectivity index (χ1) is 24.7. The summed E-state index contributed by atoms with van der Waals surface area (Å²) in [5.41, 5.74) is -1.12. The summed E-state index contributed by atoms with van der Waals surface area (Å²) in [7, 11) is -4.12. The summed E-state index contributed by atoms with van der Waals surface area (Å²) in [5, 5.41) is 17.5. The van der Waals surface area contributed by atoms with Gasteiger partial charge in [0, 0.05) is 18.2 Å². The van der Waals surface area contributed by atoms with Crippen molar-refractivity contribution in [3.63, 3.8) is 0 Å². The largest absolute Gasteiger partial charge is 0.481 e. The summed E-state index contributed by atoms with van der Waals surface area (Å²) in [5.74, 6) is -4.60. The number of benzene rings is 4. The molecule has 1 heterocycles. The molecule has 0 aromatic heterocycles. The van der Waals surface area contributed by atoms with Crippen LogP contribution < -0.4 is 10.0 Å². The number of aliphatic carboxylic acids is 1. The highest BCUT2D eigenvalue weighted by molar-refractivity contribution is 7.89. The molecule has 0 radical (unpaired) electrons. The number of fused-ring (bicyclic) bond motifs is 1. The van der Waals surface area contributed by atoms with Crippen LogP contribution in [0.3, 0.4) is 0 Å². The number of nitrogens with zero attached hydrogens (tertiary/aromatic N) is 1. The molecular weight excluding hydrogens is 733 g/mol. The monoisotopic (exact) mass is 767 g/mol. The number of rotatable bonds is 15. The molecule has 4 aromatic carbocycles. The summed E-state index contributed by atoms with van der Waals surface area (Å²) in [6, 6.07) is 22.6. The van der Waals surface area contributed by atoms with Crippen LogP contribution in [0, 0.1) is 5.92 Å². The van der Waals surface area contributed by atoms with Gasteiger partial charge in [0.25, 0.3) is 5.91 Å². The molecule has 272 valence electrons. The fourth-order valence-corrected chi connectivity index (χ4v) is 8.01. The van der Waals surface area contributed by atoms with Crippen LogP contribution in [-0.4, -0.2) is 67.2 Å². The predicted octanol–water partition coefficient (Wildman–Crippen LogP) is 5.59. The summed E-state index contributed by atoms with van der Waals surface area (Å²) in [6.07, 6.45) is -1.12. The smallest absolute Gasteiger partial charge is 0.341 e. The van der Waals surface area contributed by atoms with Gasteiger partial charge in [-0.05, 0) is 35.1 Å². The summed E-state index contributed by atoms with van der Waals surface area (Å²) < 4.78 is 35.5. The molecule has 3 atom stereocenters. The number of nitrogens with one attached hydrogen (secondary N) is 2. The molecule has 15 heteroatoms. The zero-order valence-electron chi connectivity index (χ0n) is 28.0. The van der Waals surface area contributed by atoms with Gasteiger partial charge < -0.3 is 20.0 Å². The third-order valence-corrected chi connectivity index (χ3v) is 10.6. The van der Waals surface area contributed by atoms with Crippen LogP contribution in [0.5, 0.6) is 0 Å². The second-order valence-electron chi connectivity index (χ2n) is 12.6. The van der Waals surface area contributed by atoms with Gasteiger partial charge in [0.2, 0.25) is 15.6 Å². The van der Waals surface area contributed by atoms with Gasteiger partial charge in [-0.3, -0.25) is 14.4 Å². The van der Waals surface area contributed by atoms with Crippen molar-refractivity contribution in [3.05, 3.63) is 112 Å². The van der Waals surface area contributed by atoms with Crippen molar-refractivity contribution in [2.24, 2.45) is 11.1 Å². The van der Waals surface area contributed by atoms with Crippen LogP contribution in [-0.2, 0) is 40.4 Å². The number of ketones is 1. The van der Waals surface area contributed by atoms with Gasteiger partial charge in [-0.1, -0.05) is 115 Å².